The Morgan fingerprint density at radius 2 is 1.37 bits per heavy atom. The average Bonchev–Trinajstić information content (AvgIpc) is 2.77. The van der Waals surface area contributed by atoms with Gasteiger partial charge in [0, 0.05) is 45.8 Å². The summed E-state index contributed by atoms with van der Waals surface area (Å²) in [6.45, 7) is 4.79. The number of carbonyl (C=O) groups excluding carboxylic acids is 1. The van der Waals surface area contributed by atoms with E-state index in [1.807, 2.05) is 46.2 Å². The number of amides is 1. The third kappa shape index (κ3) is 5.09. The molecule has 4 rings (SSSR count). The van der Waals surface area contributed by atoms with Crippen molar-refractivity contribution < 1.29 is 13.2 Å². The normalized spacial score (nSPS) is 21.3. The van der Waals surface area contributed by atoms with Crippen LogP contribution in [0.25, 0.3) is 0 Å². The standard InChI is InChI=1S/C23H29N3O3S/c27-23(26-13-11-24(12-14-26)19-20-7-3-1-4-8-20)22(21-9-5-2-6-10-21)25-15-17-30(28,29)18-16-25/h1-10,22H,11-19H2. The predicted octanol–water partition coefficient (Wildman–Crippen LogP) is 1.80. The Bertz CT molecular complexity index is 928. The first-order valence-electron chi connectivity index (χ1n) is 10.6. The van der Waals surface area contributed by atoms with Crippen LogP contribution in [-0.4, -0.2) is 79.8 Å². The summed E-state index contributed by atoms with van der Waals surface area (Å²) in [6.07, 6.45) is 0. The maximum atomic E-state index is 13.5. The number of sulfone groups is 1. The smallest absolute Gasteiger partial charge is 0.244 e. The van der Waals surface area contributed by atoms with Gasteiger partial charge in [0.15, 0.2) is 9.84 Å². The molecular formula is C23H29N3O3S. The molecule has 6 nitrogen and oxygen atoms in total. The number of carbonyl (C=O) groups is 1. The molecule has 2 aromatic rings. The van der Waals surface area contributed by atoms with E-state index in [0.717, 1.165) is 25.2 Å². The molecule has 0 spiro atoms. The Balaban J connectivity index is 1.43. The zero-order valence-corrected chi connectivity index (χ0v) is 18.0. The van der Waals surface area contributed by atoms with Crippen LogP contribution in [0.1, 0.15) is 17.2 Å². The Labute approximate surface area is 179 Å². The van der Waals surface area contributed by atoms with Crippen molar-refractivity contribution in [2.24, 2.45) is 0 Å². The first-order valence-corrected chi connectivity index (χ1v) is 12.4. The van der Waals surface area contributed by atoms with E-state index in [2.05, 4.69) is 29.2 Å². The summed E-state index contributed by atoms with van der Waals surface area (Å²) < 4.78 is 23.8. The average molecular weight is 428 g/mol. The van der Waals surface area contributed by atoms with Gasteiger partial charge in [-0.3, -0.25) is 14.6 Å². The van der Waals surface area contributed by atoms with E-state index in [1.165, 1.54) is 5.56 Å². The van der Waals surface area contributed by atoms with E-state index in [0.29, 0.717) is 26.2 Å². The molecule has 1 atom stereocenters. The molecule has 30 heavy (non-hydrogen) atoms. The quantitative estimate of drug-likeness (QED) is 0.728. The third-order valence-corrected chi connectivity index (χ3v) is 7.64. The fourth-order valence-electron chi connectivity index (χ4n) is 4.27. The first kappa shape index (κ1) is 21.0. The van der Waals surface area contributed by atoms with Crippen molar-refractivity contribution in [2.45, 2.75) is 12.6 Å². The summed E-state index contributed by atoms with van der Waals surface area (Å²) in [4.78, 5) is 19.9. The van der Waals surface area contributed by atoms with Gasteiger partial charge in [0.1, 0.15) is 6.04 Å². The molecule has 2 aromatic carbocycles. The zero-order valence-electron chi connectivity index (χ0n) is 17.2. The van der Waals surface area contributed by atoms with E-state index < -0.39 is 15.9 Å². The monoisotopic (exact) mass is 427 g/mol. The molecule has 0 N–H and O–H groups in total. The lowest BCUT2D eigenvalue weighted by molar-refractivity contribution is -0.139. The van der Waals surface area contributed by atoms with Gasteiger partial charge in [-0.15, -0.1) is 0 Å². The van der Waals surface area contributed by atoms with Crippen LogP contribution < -0.4 is 0 Å². The molecule has 160 valence electrons. The second-order valence-electron chi connectivity index (χ2n) is 8.09. The van der Waals surface area contributed by atoms with Crippen molar-refractivity contribution >= 4 is 15.7 Å². The van der Waals surface area contributed by atoms with Gasteiger partial charge in [0.2, 0.25) is 5.91 Å². The molecule has 2 aliphatic rings. The van der Waals surface area contributed by atoms with E-state index in [-0.39, 0.29) is 17.4 Å². The molecule has 0 radical (unpaired) electrons. The second-order valence-corrected chi connectivity index (χ2v) is 10.4. The fraction of sp³-hybridized carbons (Fsp3) is 0.435. The molecule has 0 saturated carbocycles. The largest absolute Gasteiger partial charge is 0.338 e. The summed E-state index contributed by atoms with van der Waals surface area (Å²) in [7, 11) is -2.99. The molecule has 2 fully saturated rings. The Kier molecular flexibility index (Phi) is 6.51. The predicted molar refractivity (Wildman–Crippen MR) is 118 cm³/mol. The van der Waals surface area contributed by atoms with Gasteiger partial charge in [0.05, 0.1) is 11.5 Å². The number of benzene rings is 2. The minimum absolute atomic E-state index is 0.0832. The number of hydrogen-bond donors (Lipinski definition) is 0. The van der Waals surface area contributed by atoms with E-state index >= 15 is 0 Å². The van der Waals surface area contributed by atoms with Gasteiger partial charge in [-0.1, -0.05) is 60.7 Å². The maximum absolute atomic E-state index is 13.5. The molecule has 1 amide bonds. The van der Waals surface area contributed by atoms with Crippen LogP contribution in [0.3, 0.4) is 0 Å². The number of rotatable bonds is 5. The number of nitrogens with zero attached hydrogens (tertiary/aromatic N) is 3. The Hall–Kier alpha value is -2.22. The molecule has 2 heterocycles. The lowest BCUT2D eigenvalue weighted by Crippen LogP contribution is -2.53. The SMILES string of the molecule is O=C(C(c1ccccc1)N1CCS(=O)(=O)CC1)N1CCN(Cc2ccccc2)CC1. The number of hydrogen-bond acceptors (Lipinski definition) is 5. The maximum Gasteiger partial charge on any atom is 0.244 e. The zero-order chi connectivity index (χ0) is 21.0. The highest BCUT2D eigenvalue weighted by Gasteiger charge is 2.35. The molecule has 7 heteroatoms. The molecule has 0 aliphatic carbocycles. The third-order valence-electron chi connectivity index (χ3n) is 6.03. The topological polar surface area (TPSA) is 60.9 Å². The van der Waals surface area contributed by atoms with Gasteiger partial charge in [-0.2, -0.15) is 0 Å². The Morgan fingerprint density at radius 1 is 0.800 bits per heavy atom. The van der Waals surface area contributed by atoms with Crippen molar-refractivity contribution in [2.75, 3.05) is 50.8 Å². The summed E-state index contributed by atoms with van der Waals surface area (Å²) in [5.74, 6) is 0.322. The molecule has 0 aromatic heterocycles. The summed E-state index contributed by atoms with van der Waals surface area (Å²) >= 11 is 0. The highest BCUT2D eigenvalue weighted by molar-refractivity contribution is 7.91. The molecule has 2 saturated heterocycles. The molecule has 0 bridgehead atoms. The fourth-order valence-corrected chi connectivity index (χ4v) is 5.50. The summed E-state index contributed by atoms with van der Waals surface area (Å²) in [5.41, 5.74) is 2.22. The molecule has 2 aliphatic heterocycles. The van der Waals surface area contributed by atoms with Gasteiger partial charge < -0.3 is 4.90 Å². The lowest BCUT2D eigenvalue weighted by Gasteiger charge is -2.40. The molecule has 1 unspecified atom stereocenters. The van der Waals surface area contributed by atoms with Crippen molar-refractivity contribution in [1.82, 2.24) is 14.7 Å². The van der Waals surface area contributed by atoms with Crippen LogP contribution >= 0.6 is 0 Å². The lowest BCUT2D eigenvalue weighted by atomic mass is 10.0. The van der Waals surface area contributed by atoms with Gasteiger partial charge >= 0.3 is 0 Å². The van der Waals surface area contributed by atoms with E-state index in [9.17, 15) is 13.2 Å². The summed E-state index contributed by atoms with van der Waals surface area (Å²) in [5, 5.41) is 0. The van der Waals surface area contributed by atoms with Gasteiger partial charge in [-0.25, -0.2) is 8.42 Å². The number of piperazine rings is 1. The summed E-state index contributed by atoms with van der Waals surface area (Å²) in [6, 6.07) is 19.7. The van der Waals surface area contributed by atoms with Crippen LogP contribution in [0, 0.1) is 0 Å². The van der Waals surface area contributed by atoms with E-state index in [1.54, 1.807) is 0 Å². The van der Waals surface area contributed by atoms with Gasteiger partial charge in [-0.05, 0) is 11.1 Å². The minimum Gasteiger partial charge on any atom is -0.338 e. The highest BCUT2D eigenvalue weighted by Crippen LogP contribution is 2.26. The van der Waals surface area contributed by atoms with Crippen molar-refractivity contribution in [1.29, 1.82) is 0 Å². The highest BCUT2D eigenvalue weighted by atomic mass is 32.2. The molecular weight excluding hydrogens is 398 g/mol. The van der Waals surface area contributed by atoms with Crippen LogP contribution in [0.4, 0.5) is 0 Å². The van der Waals surface area contributed by atoms with Crippen LogP contribution in [0.5, 0.6) is 0 Å². The first-order chi connectivity index (χ1) is 14.5. The minimum atomic E-state index is -2.99. The van der Waals surface area contributed by atoms with E-state index in [4.69, 9.17) is 0 Å². The van der Waals surface area contributed by atoms with Crippen molar-refractivity contribution in [3.05, 3.63) is 71.8 Å². The van der Waals surface area contributed by atoms with Crippen molar-refractivity contribution in [3.63, 3.8) is 0 Å². The van der Waals surface area contributed by atoms with Gasteiger partial charge in [0.25, 0.3) is 0 Å². The van der Waals surface area contributed by atoms with Crippen molar-refractivity contribution in [3.8, 4) is 0 Å². The van der Waals surface area contributed by atoms with Crippen LogP contribution in [-0.2, 0) is 21.2 Å². The Morgan fingerprint density at radius 3 is 1.97 bits per heavy atom. The van der Waals surface area contributed by atoms with Crippen LogP contribution in [0.2, 0.25) is 0 Å². The van der Waals surface area contributed by atoms with Crippen LogP contribution in [0.15, 0.2) is 60.7 Å². The second kappa shape index (κ2) is 9.29.